The largest absolute Gasteiger partial charge is 0.353 e. The van der Waals surface area contributed by atoms with Crippen LogP contribution in [-0.4, -0.2) is 27.4 Å². The second-order valence-corrected chi connectivity index (χ2v) is 6.35. The van der Waals surface area contributed by atoms with E-state index in [2.05, 4.69) is 22.5 Å². The van der Waals surface area contributed by atoms with E-state index in [0.29, 0.717) is 6.04 Å². The van der Waals surface area contributed by atoms with Crippen molar-refractivity contribution >= 4 is 11.8 Å². The minimum Gasteiger partial charge on any atom is -0.353 e. The van der Waals surface area contributed by atoms with Crippen LogP contribution >= 0.6 is 0 Å². The number of hydrogen-bond acceptors (Lipinski definition) is 3. The summed E-state index contributed by atoms with van der Waals surface area (Å²) in [6, 6.07) is 0.219. The molecule has 1 heterocycles. The molecule has 1 aliphatic rings. The van der Waals surface area contributed by atoms with Gasteiger partial charge < -0.3 is 15.2 Å². The van der Waals surface area contributed by atoms with E-state index in [9.17, 15) is 9.59 Å². The van der Waals surface area contributed by atoms with E-state index >= 15 is 0 Å². The average Bonchev–Trinajstić information content (AvgIpc) is 3.16. The summed E-state index contributed by atoms with van der Waals surface area (Å²) in [7, 11) is 1.92. The summed E-state index contributed by atoms with van der Waals surface area (Å²) >= 11 is 0. The maximum atomic E-state index is 12.1. The summed E-state index contributed by atoms with van der Waals surface area (Å²) in [5, 5.41) is 6.02. The molecule has 128 valence electrons. The monoisotopic (exact) mass is 320 g/mol. The minimum absolute atomic E-state index is 0.0175. The highest BCUT2D eigenvalue weighted by Crippen LogP contribution is 2.18. The van der Waals surface area contributed by atoms with E-state index < -0.39 is 0 Å². The maximum Gasteiger partial charge on any atom is 0.221 e. The van der Waals surface area contributed by atoms with E-state index in [0.717, 1.165) is 31.5 Å². The Hall–Kier alpha value is -1.85. The molecule has 1 atom stereocenters. The molecule has 1 fully saturated rings. The summed E-state index contributed by atoms with van der Waals surface area (Å²) in [6.07, 6.45) is 10.4. The molecule has 0 unspecified atom stereocenters. The lowest BCUT2D eigenvalue weighted by molar-refractivity contribution is -0.127. The minimum atomic E-state index is -0.0922. The van der Waals surface area contributed by atoms with Crippen molar-refractivity contribution in [1.29, 1.82) is 0 Å². The van der Waals surface area contributed by atoms with Gasteiger partial charge in [0.2, 0.25) is 11.8 Å². The summed E-state index contributed by atoms with van der Waals surface area (Å²) in [5.41, 5.74) is 0. The molecule has 1 aromatic heterocycles. The molecule has 2 N–H and O–H groups in total. The van der Waals surface area contributed by atoms with Crippen LogP contribution in [0.25, 0.3) is 0 Å². The van der Waals surface area contributed by atoms with Crippen molar-refractivity contribution in [3.8, 4) is 0 Å². The third-order valence-corrected chi connectivity index (χ3v) is 4.38. The highest BCUT2D eigenvalue weighted by atomic mass is 16.2. The second-order valence-electron chi connectivity index (χ2n) is 6.35. The molecule has 1 aromatic rings. The van der Waals surface area contributed by atoms with Gasteiger partial charge in [-0.15, -0.1) is 0 Å². The van der Waals surface area contributed by atoms with Crippen molar-refractivity contribution in [2.24, 2.45) is 7.05 Å². The van der Waals surface area contributed by atoms with Gasteiger partial charge in [-0.05, 0) is 19.3 Å². The number of amides is 2. The van der Waals surface area contributed by atoms with Crippen molar-refractivity contribution in [3.05, 3.63) is 18.2 Å². The lowest BCUT2D eigenvalue weighted by Gasteiger charge is -2.18. The molecule has 23 heavy (non-hydrogen) atoms. The molecule has 0 aromatic carbocycles. The topological polar surface area (TPSA) is 76.0 Å². The van der Waals surface area contributed by atoms with Gasteiger partial charge in [0.25, 0.3) is 0 Å². The van der Waals surface area contributed by atoms with E-state index in [-0.39, 0.29) is 30.7 Å². The molecule has 1 aliphatic carbocycles. The van der Waals surface area contributed by atoms with Crippen LogP contribution in [0.2, 0.25) is 0 Å². The number of aromatic nitrogens is 2. The first-order valence-electron chi connectivity index (χ1n) is 8.66. The van der Waals surface area contributed by atoms with Crippen LogP contribution in [0.5, 0.6) is 0 Å². The Morgan fingerprint density at radius 2 is 2.00 bits per heavy atom. The van der Waals surface area contributed by atoms with Gasteiger partial charge >= 0.3 is 0 Å². The van der Waals surface area contributed by atoms with Gasteiger partial charge in [0.05, 0.1) is 6.04 Å². The van der Waals surface area contributed by atoms with Crippen LogP contribution in [0.15, 0.2) is 12.4 Å². The van der Waals surface area contributed by atoms with Crippen molar-refractivity contribution in [1.82, 2.24) is 20.2 Å². The maximum absolute atomic E-state index is 12.1. The van der Waals surface area contributed by atoms with Crippen LogP contribution in [0.1, 0.15) is 70.2 Å². The molecule has 0 radical (unpaired) electrons. The Balaban J connectivity index is 1.77. The van der Waals surface area contributed by atoms with Crippen molar-refractivity contribution in [3.63, 3.8) is 0 Å². The predicted molar refractivity (Wildman–Crippen MR) is 88.6 cm³/mol. The predicted octanol–water partition coefficient (Wildman–Crippen LogP) is 2.22. The van der Waals surface area contributed by atoms with Gasteiger partial charge in [-0.3, -0.25) is 9.59 Å². The first kappa shape index (κ1) is 17.5. The Bertz CT molecular complexity index is 520. The average molecular weight is 320 g/mol. The zero-order chi connectivity index (χ0) is 16.7. The Kier molecular flexibility index (Phi) is 6.62. The van der Waals surface area contributed by atoms with Crippen molar-refractivity contribution in [2.45, 2.75) is 70.4 Å². The van der Waals surface area contributed by atoms with Crippen LogP contribution < -0.4 is 10.6 Å². The lowest BCUT2D eigenvalue weighted by Crippen LogP contribution is -2.34. The molecular weight excluding hydrogens is 292 g/mol. The van der Waals surface area contributed by atoms with E-state index in [1.54, 1.807) is 6.20 Å². The number of imidazole rings is 1. The number of rotatable bonds is 8. The Labute approximate surface area is 138 Å². The van der Waals surface area contributed by atoms with Crippen LogP contribution in [0.4, 0.5) is 0 Å². The van der Waals surface area contributed by atoms with Gasteiger partial charge in [-0.2, -0.15) is 0 Å². The van der Waals surface area contributed by atoms with Crippen molar-refractivity contribution in [2.75, 3.05) is 0 Å². The summed E-state index contributed by atoms with van der Waals surface area (Å²) < 4.78 is 1.92. The fourth-order valence-electron chi connectivity index (χ4n) is 3.13. The molecule has 6 heteroatoms. The SMILES string of the molecule is CCC[C@H](NC(=O)CCC(=O)NC1CCCC1)c1nccn1C. The number of carbonyl (C=O) groups is 2. The number of carbonyl (C=O) groups excluding carboxylic acids is 2. The van der Waals surface area contributed by atoms with Crippen molar-refractivity contribution < 1.29 is 9.59 Å². The van der Waals surface area contributed by atoms with E-state index in [4.69, 9.17) is 0 Å². The first-order valence-corrected chi connectivity index (χ1v) is 8.66. The number of hydrogen-bond donors (Lipinski definition) is 2. The third kappa shape index (κ3) is 5.37. The molecule has 2 rings (SSSR count). The molecule has 0 bridgehead atoms. The Morgan fingerprint density at radius 1 is 1.30 bits per heavy atom. The zero-order valence-electron chi connectivity index (χ0n) is 14.2. The van der Waals surface area contributed by atoms with E-state index in [1.165, 1.54) is 12.8 Å². The molecule has 1 saturated carbocycles. The van der Waals surface area contributed by atoms with Gasteiger partial charge in [-0.25, -0.2) is 4.98 Å². The first-order chi connectivity index (χ1) is 11.1. The van der Waals surface area contributed by atoms with Gasteiger partial charge in [-0.1, -0.05) is 26.2 Å². The lowest BCUT2D eigenvalue weighted by atomic mass is 10.1. The van der Waals surface area contributed by atoms with Crippen LogP contribution in [0.3, 0.4) is 0 Å². The summed E-state index contributed by atoms with van der Waals surface area (Å²) in [6.45, 7) is 2.08. The molecule has 6 nitrogen and oxygen atoms in total. The Morgan fingerprint density at radius 3 is 2.61 bits per heavy atom. The number of nitrogens with zero attached hydrogens (tertiary/aromatic N) is 2. The second kappa shape index (κ2) is 8.70. The third-order valence-electron chi connectivity index (χ3n) is 4.38. The van der Waals surface area contributed by atoms with Gasteiger partial charge in [0.15, 0.2) is 0 Å². The van der Waals surface area contributed by atoms with Gasteiger partial charge in [0, 0.05) is 38.3 Å². The highest BCUT2D eigenvalue weighted by Gasteiger charge is 2.20. The summed E-state index contributed by atoms with van der Waals surface area (Å²) in [5.74, 6) is 0.750. The van der Waals surface area contributed by atoms with Gasteiger partial charge in [0.1, 0.15) is 5.82 Å². The number of aryl methyl sites for hydroxylation is 1. The zero-order valence-corrected chi connectivity index (χ0v) is 14.2. The highest BCUT2D eigenvalue weighted by molar-refractivity contribution is 5.84. The molecule has 0 saturated heterocycles. The summed E-state index contributed by atoms with van der Waals surface area (Å²) in [4.78, 5) is 28.4. The number of nitrogens with one attached hydrogen (secondary N) is 2. The smallest absolute Gasteiger partial charge is 0.221 e. The van der Waals surface area contributed by atoms with Crippen LogP contribution in [-0.2, 0) is 16.6 Å². The fourth-order valence-corrected chi connectivity index (χ4v) is 3.13. The fraction of sp³-hybridized carbons (Fsp3) is 0.706. The van der Waals surface area contributed by atoms with E-state index in [1.807, 2.05) is 17.8 Å². The standard InChI is InChI=1S/C17H28N4O2/c1-3-6-14(17-18-11-12-21(17)2)20-16(23)10-9-15(22)19-13-7-4-5-8-13/h11-14H,3-10H2,1-2H3,(H,19,22)(H,20,23)/t14-/m0/s1. The molecule has 0 aliphatic heterocycles. The molecular formula is C17H28N4O2. The molecule has 0 spiro atoms. The molecule has 2 amide bonds. The van der Waals surface area contributed by atoms with Crippen LogP contribution in [0, 0.1) is 0 Å². The normalized spacial score (nSPS) is 16.3. The quantitative estimate of drug-likeness (QED) is 0.771.